The van der Waals surface area contributed by atoms with Crippen molar-refractivity contribution in [2.45, 2.75) is 13.3 Å². The molecular weight excluding hydrogens is 180 g/mol. The number of hydrogen-bond acceptors (Lipinski definition) is 2. The lowest BCUT2D eigenvalue weighted by Gasteiger charge is -1.97. The van der Waals surface area contributed by atoms with Gasteiger partial charge in [0.2, 0.25) is 0 Å². The highest BCUT2D eigenvalue weighted by Gasteiger charge is 2.14. The molecule has 2 rings (SSSR count). The molecule has 0 saturated heterocycles. The van der Waals surface area contributed by atoms with Gasteiger partial charge in [-0.2, -0.15) is 0 Å². The number of nitro groups is 1. The van der Waals surface area contributed by atoms with Gasteiger partial charge in [0.1, 0.15) is 0 Å². The highest BCUT2D eigenvalue weighted by atomic mass is 16.6. The van der Waals surface area contributed by atoms with E-state index >= 15 is 0 Å². The number of nitrogens with zero attached hydrogens (tertiary/aromatic N) is 1. The maximum atomic E-state index is 10.7. The molecule has 4 nitrogen and oxygen atoms in total. The zero-order valence-corrected chi connectivity index (χ0v) is 7.78. The monoisotopic (exact) mass is 190 g/mol. The lowest BCUT2D eigenvalue weighted by molar-refractivity contribution is -0.383. The lowest BCUT2D eigenvalue weighted by Crippen LogP contribution is -1.85. The molecule has 0 spiro atoms. The number of aromatic amines is 1. The zero-order valence-electron chi connectivity index (χ0n) is 7.78. The fraction of sp³-hybridized carbons (Fsp3) is 0.200. The van der Waals surface area contributed by atoms with Gasteiger partial charge in [-0.1, -0.05) is 19.1 Å². The number of para-hydroxylation sites is 1. The van der Waals surface area contributed by atoms with Crippen molar-refractivity contribution >= 4 is 16.6 Å². The summed E-state index contributed by atoms with van der Waals surface area (Å²) in [7, 11) is 0. The van der Waals surface area contributed by atoms with E-state index in [2.05, 4.69) is 4.98 Å². The maximum Gasteiger partial charge on any atom is 0.294 e. The Morgan fingerprint density at radius 3 is 2.93 bits per heavy atom. The van der Waals surface area contributed by atoms with Gasteiger partial charge in [-0.25, -0.2) is 0 Å². The number of nitrogens with one attached hydrogen (secondary N) is 1. The smallest absolute Gasteiger partial charge is 0.294 e. The Kier molecular flexibility index (Phi) is 1.96. The molecule has 0 aliphatic rings. The molecule has 0 atom stereocenters. The molecule has 0 saturated carbocycles. The van der Waals surface area contributed by atoms with Crippen LogP contribution in [0.15, 0.2) is 24.4 Å². The van der Waals surface area contributed by atoms with E-state index in [1.54, 1.807) is 6.07 Å². The summed E-state index contributed by atoms with van der Waals surface area (Å²) in [5, 5.41) is 11.4. The van der Waals surface area contributed by atoms with Crippen LogP contribution in [0.3, 0.4) is 0 Å². The van der Waals surface area contributed by atoms with Crippen molar-refractivity contribution in [2.24, 2.45) is 0 Å². The number of rotatable bonds is 2. The Morgan fingerprint density at radius 2 is 2.29 bits per heavy atom. The first-order valence-corrected chi connectivity index (χ1v) is 4.47. The van der Waals surface area contributed by atoms with E-state index in [4.69, 9.17) is 0 Å². The van der Waals surface area contributed by atoms with E-state index in [-0.39, 0.29) is 10.6 Å². The maximum absolute atomic E-state index is 10.7. The first-order chi connectivity index (χ1) is 6.74. The van der Waals surface area contributed by atoms with Crippen LogP contribution in [-0.2, 0) is 6.42 Å². The third-order valence-electron chi connectivity index (χ3n) is 2.36. The van der Waals surface area contributed by atoms with Gasteiger partial charge >= 0.3 is 0 Å². The molecule has 72 valence electrons. The van der Waals surface area contributed by atoms with Gasteiger partial charge in [0.15, 0.2) is 0 Å². The van der Waals surface area contributed by atoms with Crippen molar-refractivity contribution in [3.8, 4) is 0 Å². The van der Waals surface area contributed by atoms with Gasteiger partial charge in [0.25, 0.3) is 5.69 Å². The summed E-state index contributed by atoms with van der Waals surface area (Å²) in [6.07, 6.45) is 2.32. The highest BCUT2D eigenvalue weighted by Crippen LogP contribution is 2.27. The molecule has 1 heterocycles. The fourth-order valence-corrected chi connectivity index (χ4v) is 1.65. The number of aromatic nitrogens is 1. The standard InChI is InChI=1S/C10H10N2O2/c1-2-7-4-3-5-8-9(12(13)14)6-11-10(7)8/h3-6,11H,2H2,1H3. The molecule has 0 unspecified atom stereocenters. The molecule has 1 N–H and O–H groups in total. The van der Waals surface area contributed by atoms with Crippen LogP contribution in [0.1, 0.15) is 12.5 Å². The minimum Gasteiger partial charge on any atom is -0.355 e. The average molecular weight is 190 g/mol. The molecule has 4 heteroatoms. The van der Waals surface area contributed by atoms with Crippen LogP contribution < -0.4 is 0 Å². The molecule has 1 aromatic heterocycles. The summed E-state index contributed by atoms with van der Waals surface area (Å²) in [6, 6.07) is 5.59. The van der Waals surface area contributed by atoms with Gasteiger partial charge in [-0.3, -0.25) is 10.1 Å². The molecule has 0 fully saturated rings. The molecule has 0 bridgehead atoms. The van der Waals surface area contributed by atoms with Crippen LogP contribution in [0, 0.1) is 10.1 Å². The van der Waals surface area contributed by atoms with Crippen LogP contribution in [0.5, 0.6) is 0 Å². The van der Waals surface area contributed by atoms with Crippen LogP contribution in [0.25, 0.3) is 10.9 Å². The Balaban J connectivity index is 2.75. The topological polar surface area (TPSA) is 58.9 Å². The van der Waals surface area contributed by atoms with E-state index in [9.17, 15) is 10.1 Å². The summed E-state index contributed by atoms with van der Waals surface area (Å²) in [6.45, 7) is 2.03. The van der Waals surface area contributed by atoms with Gasteiger partial charge in [0.05, 0.1) is 22.0 Å². The van der Waals surface area contributed by atoms with Crippen molar-refractivity contribution in [1.82, 2.24) is 4.98 Å². The van der Waals surface area contributed by atoms with Crippen LogP contribution >= 0.6 is 0 Å². The fourth-order valence-electron chi connectivity index (χ4n) is 1.65. The van der Waals surface area contributed by atoms with E-state index in [1.807, 2.05) is 19.1 Å². The Morgan fingerprint density at radius 1 is 1.50 bits per heavy atom. The van der Waals surface area contributed by atoms with Crippen molar-refractivity contribution in [3.63, 3.8) is 0 Å². The van der Waals surface area contributed by atoms with Crippen LogP contribution in [0.2, 0.25) is 0 Å². The lowest BCUT2D eigenvalue weighted by atomic mass is 10.1. The zero-order chi connectivity index (χ0) is 10.1. The van der Waals surface area contributed by atoms with Crippen LogP contribution in [-0.4, -0.2) is 9.91 Å². The van der Waals surface area contributed by atoms with E-state index < -0.39 is 0 Å². The molecule has 0 amide bonds. The van der Waals surface area contributed by atoms with Gasteiger partial charge in [-0.05, 0) is 18.1 Å². The summed E-state index contributed by atoms with van der Waals surface area (Å²) < 4.78 is 0. The predicted molar refractivity (Wildman–Crippen MR) is 54.3 cm³/mol. The van der Waals surface area contributed by atoms with Crippen molar-refractivity contribution in [3.05, 3.63) is 40.1 Å². The molecular formula is C10H10N2O2. The van der Waals surface area contributed by atoms with Crippen LogP contribution in [0.4, 0.5) is 5.69 Å². The highest BCUT2D eigenvalue weighted by molar-refractivity contribution is 5.91. The normalized spacial score (nSPS) is 10.6. The second-order valence-electron chi connectivity index (χ2n) is 3.12. The third-order valence-corrected chi connectivity index (χ3v) is 2.36. The molecule has 2 aromatic rings. The van der Waals surface area contributed by atoms with Gasteiger partial charge in [0, 0.05) is 0 Å². The molecule has 0 aliphatic heterocycles. The largest absolute Gasteiger partial charge is 0.355 e. The van der Waals surface area contributed by atoms with E-state index in [0.717, 1.165) is 17.5 Å². The van der Waals surface area contributed by atoms with E-state index in [0.29, 0.717) is 5.39 Å². The van der Waals surface area contributed by atoms with Gasteiger partial charge in [-0.15, -0.1) is 0 Å². The number of hydrogen-bond donors (Lipinski definition) is 1. The number of H-pyrrole nitrogens is 1. The molecule has 14 heavy (non-hydrogen) atoms. The van der Waals surface area contributed by atoms with Crippen molar-refractivity contribution in [2.75, 3.05) is 0 Å². The molecule has 0 radical (unpaired) electrons. The summed E-state index contributed by atoms with van der Waals surface area (Å²) in [5.74, 6) is 0. The minimum atomic E-state index is -0.363. The van der Waals surface area contributed by atoms with Crippen molar-refractivity contribution < 1.29 is 4.92 Å². The van der Waals surface area contributed by atoms with Crippen molar-refractivity contribution in [1.29, 1.82) is 0 Å². The summed E-state index contributed by atoms with van der Waals surface area (Å²) >= 11 is 0. The number of benzene rings is 1. The summed E-state index contributed by atoms with van der Waals surface area (Å²) in [4.78, 5) is 13.2. The molecule has 0 aliphatic carbocycles. The number of aryl methyl sites for hydroxylation is 1. The minimum absolute atomic E-state index is 0.148. The quantitative estimate of drug-likeness (QED) is 0.584. The second kappa shape index (κ2) is 3.14. The SMILES string of the molecule is CCc1cccc2c([N+](=O)[O-])c[nH]c12. The first kappa shape index (κ1) is 8.74. The average Bonchev–Trinajstić information content (AvgIpc) is 2.60. The third kappa shape index (κ3) is 1.16. The Bertz CT molecular complexity index is 488. The van der Waals surface area contributed by atoms with Gasteiger partial charge < -0.3 is 4.98 Å². The summed E-state index contributed by atoms with van der Waals surface area (Å²) in [5.41, 5.74) is 2.13. The predicted octanol–water partition coefficient (Wildman–Crippen LogP) is 2.64. The first-order valence-electron chi connectivity index (χ1n) is 4.47. The Hall–Kier alpha value is -1.84. The number of fused-ring (bicyclic) bond motifs is 1. The molecule has 1 aromatic carbocycles. The Labute approximate surface area is 80.7 Å². The van der Waals surface area contributed by atoms with E-state index in [1.165, 1.54) is 6.20 Å². The second-order valence-corrected chi connectivity index (χ2v) is 3.12.